The average molecular weight is 422 g/mol. The van der Waals surface area contributed by atoms with Crippen LogP contribution in [0.4, 0.5) is 4.39 Å². The smallest absolute Gasteiger partial charge is 0.198 e. The predicted molar refractivity (Wildman–Crippen MR) is 112 cm³/mol. The Balaban J connectivity index is 1.35. The summed E-state index contributed by atoms with van der Waals surface area (Å²) in [6.45, 7) is 3.73. The molecule has 1 saturated heterocycles. The standard InChI is InChI=1S/C22H23FN6O2/c1-30-11-10-28-8-6-15(7-9-28)22-25-20-12-16(2-5-21(20)31-22)18-4-3-17(13-19(18)23)29-14-24-26-27-29/h2-5,12-15H,6-11H2,1H3. The number of nitrogens with zero attached hydrogens (tertiary/aromatic N) is 6. The zero-order valence-electron chi connectivity index (χ0n) is 17.2. The second-order valence-corrected chi connectivity index (χ2v) is 7.76. The first-order valence-corrected chi connectivity index (χ1v) is 10.4. The minimum Gasteiger partial charge on any atom is -0.440 e. The van der Waals surface area contributed by atoms with Gasteiger partial charge < -0.3 is 14.1 Å². The number of ether oxygens (including phenoxy) is 1. The highest BCUT2D eigenvalue weighted by molar-refractivity contribution is 5.80. The van der Waals surface area contributed by atoms with Gasteiger partial charge in [0.2, 0.25) is 0 Å². The predicted octanol–water partition coefficient (Wildman–Crippen LogP) is 3.44. The van der Waals surface area contributed by atoms with E-state index in [9.17, 15) is 4.39 Å². The molecule has 0 radical (unpaired) electrons. The fraction of sp³-hybridized carbons (Fsp3) is 0.364. The third-order valence-corrected chi connectivity index (χ3v) is 5.83. The summed E-state index contributed by atoms with van der Waals surface area (Å²) in [5, 5.41) is 11.0. The number of methoxy groups -OCH3 is 1. The van der Waals surface area contributed by atoms with Crippen LogP contribution in [0.15, 0.2) is 47.1 Å². The molecule has 2 aromatic heterocycles. The van der Waals surface area contributed by atoms with Gasteiger partial charge in [0.05, 0.1) is 12.3 Å². The van der Waals surface area contributed by atoms with Crippen LogP contribution in [0.25, 0.3) is 27.9 Å². The Bertz CT molecular complexity index is 1170. The largest absolute Gasteiger partial charge is 0.440 e. The minimum atomic E-state index is -0.348. The Kier molecular flexibility index (Phi) is 5.44. The van der Waals surface area contributed by atoms with Crippen LogP contribution >= 0.6 is 0 Å². The molecule has 31 heavy (non-hydrogen) atoms. The number of benzene rings is 2. The Labute approximate surface area is 178 Å². The first kappa shape index (κ1) is 19.8. The Morgan fingerprint density at radius 1 is 1.16 bits per heavy atom. The molecule has 0 saturated carbocycles. The number of halogens is 1. The highest BCUT2D eigenvalue weighted by Crippen LogP contribution is 2.32. The van der Waals surface area contributed by atoms with E-state index in [0.29, 0.717) is 17.2 Å². The summed E-state index contributed by atoms with van der Waals surface area (Å²) in [7, 11) is 1.73. The minimum absolute atomic E-state index is 0.307. The fourth-order valence-corrected chi connectivity index (χ4v) is 4.07. The number of rotatable bonds is 6. The van der Waals surface area contributed by atoms with E-state index in [4.69, 9.17) is 14.1 Å². The van der Waals surface area contributed by atoms with Gasteiger partial charge in [0.15, 0.2) is 11.5 Å². The van der Waals surface area contributed by atoms with Crippen LogP contribution in [0, 0.1) is 5.82 Å². The summed E-state index contributed by atoms with van der Waals surface area (Å²) >= 11 is 0. The zero-order valence-corrected chi connectivity index (χ0v) is 17.2. The molecule has 1 fully saturated rings. The molecule has 160 valence electrons. The molecule has 0 amide bonds. The monoisotopic (exact) mass is 422 g/mol. The van der Waals surface area contributed by atoms with Gasteiger partial charge >= 0.3 is 0 Å². The van der Waals surface area contributed by atoms with Gasteiger partial charge in [-0.1, -0.05) is 6.07 Å². The van der Waals surface area contributed by atoms with Crippen molar-refractivity contribution < 1.29 is 13.5 Å². The van der Waals surface area contributed by atoms with Crippen LogP contribution in [0.2, 0.25) is 0 Å². The van der Waals surface area contributed by atoms with Crippen molar-refractivity contribution in [3.05, 3.63) is 54.4 Å². The molecular formula is C22H23FN6O2. The van der Waals surface area contributed by atoms with Crippen LogP contribution < -0.4 is 0 Å². The molecule has 8 nitrogen and oxygen atoms in total. The molecule has 5 rings (SSSR count). The van der Waals surface area contributed by atoms with Gasteiger partial charge in [-0.05, 0) is 66.2 Å². The van der Waals surface area contributed by atoms with E-state index in [0.717, 1.165) is 61.6 Å². The summed E-state index contributed by atoms with van der Waals surface area (Å²) in [5.41, 5.74) is 3.29. The summed E-state index contributed by atoms with van der Waals surface area (Å²) in [4.78, 5) is 7.14. The molecule has 1 aliphatic heterocycles. The Morgan fingerprint density at radius 3 is 2.77 bits per heavy atom. The van der Waals surface area contributed by atoms with Crippen molar-refractivity contribution in [2.24, 2.45) is 0 Å². The number of likely N-dealkylation sites (tertiary alicyclic amines) is 1. The number of tetrazole rings is 1. The van der Waals surface area contributed by atoms with Crippen molar-refractivity contribution in [1.29, 1.82) is 0 Å². The van der Waals surface area contributed by atoms with Crippen molar-refractivity contribution in [3.8, 4) is 16.8 Å². The third kappa shape index (κ3) is 4.06. The second-order valence-electron chi connectivity index (χ2n) is 7.76. The van der Waals surface area contributed by atoms with Crippen molar-refractivity contribution in [2.45, 2.75) is 18.8 Å². The van der Waals surface area contributed by atoms with Gasteiger partial charge in [-0.3, -0.25) is 0 Å². The fourth-order valence-electron chi connectivity index (χ4n) is 4.07. The molecule has 0 aliphatic carbocycles. The van der Waals surface area contributed by atoms with Crippen molar-refractivity contribution in [1.82, 2.24) is 30.1 Å². The highest BCUT2D eigenvalue weighted by Gasteiger charge is 2.24. The lowest BCUT2D eigenvalue weighted by Crippen LogP contribution is -2.35. The maximum absolute atomic E-state index is 14.8. The third-order valence-electron chi connectivity index (χ3n) is 5.83. The Morgan fingerprint density at radius 2 is 2.03 bits per heavy atom. The number of oxazole rings is 1. The molecule has 0 bridgehead atoms. The lowest BCUT2D eigenvalue weighted by molar-refractivity contribution is 0.127. The first-order valence-electron chi connectivity index (χ1n) is 10.4. The second kappa shape index (κ2) is 8.52. The Hall–Kier alpha value is -3.17. The van der Waals surface area contributed by atoms with E-state index in [-0.39, 0.29) is 5.82 Å². The molecule has 9 heteroatoms. The SMILES string of the molecule is COCCN1CCC(c2nc3cc(-c4ccc(-n5cnnn5)cc4F)ccc3o2)CC1. The summed E-state index contributed by atoms with van der Waals surface area (Å²) < 4.78 is 27.4. The van der Waals surface area contributed by atoms with Crippen molar-refractivity contribution in [3.63, 3.8) is 0 Å². The van der Waals surface area contributed by atoms with Crippen molar-refractivity contribution >= 4 is 11.1 Å². The van der Waals surface area contributed by atoms with E-state index < -0.39 is 0 Å². The van der Waals surface area contributed by atoms with Crippen molar-refractivity contribution in [2.75, 3.05) is 33.4 Å². The molecule has 0 atom stereocenters. The maximum Gasteiger partial charge on any atom is 0.198 e. The van der Waals surface area contributed by atoms with E-state index in [1.54, 1.807) is 19.2 Å². The van der Waals surface area contributed by atoms with E-state index in [2.05, 4.69) is 20.4 Å². The van der Waals surface area contributed by atoms with Gasteiger partial charge in [-0.2, -0.15) is 0 Å². The lowest BCUT2D eigenvalue weighted by atomic mass is 9.97. The van der Waals surface area contributed by atoms with Crippen LogP contribution in [-0.2, 0) is 4.74 Å². The molecule has 1 aliphatic rings. The molecule has 0 N–H and O–H groups in total. The summed E-state index contributed by atoms with van der Waals surface area (Å²) in [6, 6.07) is 10.5. The number of fused-ring (bicyclic) bond motifs is 1. The van der Waals surface area contributed by atoms with Gasteiger partial charge in [-0.15, -0.1) is 5.10 Å². The number of aromatic nitrogens is 5. The van der Waals surface area contributed by atoms with Crippen LogP contribution in [0.3, 0.4) is 0 Å². The van der Waals surface area contributed by atoms with E-state index >= 15 is 0 Å². The zero-order chi connectivity index (χ0) is 21.2. The van der Waals surface area contributed by atoms with Crippen LogP contribution in [0.5, 0.6) is 0 Å². The number of piperidine rings is 1. The van der Waals surface area contributed by atoms with Crippen LogP contribution in [0.1, 0.15) is 24.7 Å². The van der Waals surface area contributed by atoms with Gasteiger partial charge in [-0.25, -0.2) is 14.1 Å². The maximum atomic E-state index is 14.8. The van der Waals surface area contributed by atoms with Crippen LogP contribution in [-0.4, -0.2) is 63.4 Å². The van der Waals surface area contributed by atoms with Gasteiger partial charge in [0, 0.05) is 31.2 Å². The number of hydrogen-bond acceptors (Lipinski definition) is 7. The lowest BCUT2D eigenvalue weighted by Gasteiger charge is -2.30. The average Bonchev–Trinajstić information content (AvgIpc) is 3.47. The molecule has 0 spiro atoms. The molecule has 4 aromatic rings. The molecular weight excluding hydrogens is 399 g/mol. The van der Waals surface area contributed by atoms with E-state index in [1.165, 1.54) is 17.1 Å². The summed E-state index contributed by atoms with van der Waals surface area (Å²) in [5.74, 6) is 0.731. The normalized spacial score (nSPS) is 15.7. The van der Waals surface area contributed by atoms with Gasteiger partial charge in [0.1, 0.15) is 17.7 Å². The molecule has 2 aromatic carbocycles. The quantitative estimate of drug-likeness (QED) is 0.471. The molecule has 3 heterocycles. The highest BCUT2D eigenvalue weighted by atomic mass is 19.1. The number of hydrogen-bond donors (Lipinski definition) is 0. The molecule has 0 unspecified atom stereocenters. The summed E-state index contributed by atoms with van der Waals surface area (Å²) in [6.07, 6.45) is 3.45. The van der Waals surface area contributed by atoms with Gasteiger partial charge in [0.25, 0.3) is 0 Å². The topological polar surface area (TPSA) is 82.1 Å². The first-order chi connectivity index (χ1) is 15.2. The van der Waals surface area contributed by atoms with E-state index in [1.807, 2.05) is 18.2 Å².